The van der Waals surface area contributed by atoms with Crippen molar-refractivity contribution in [3.8, 4) is 5.75 Å². The first-order valence-electron chi connectivity index (χ1n) is 7.48. The third-order valence-corrected chi connectivity index (χ3v) is 5.48. The molecule has 5 heteroatoms. The Labute approximate surface area is 127 Å². The molecule has 1 aliphatic rings. The van der Waals surface area contributed by atoms with Gasteiger partial charge in [-0.25, -0.2) is 13.6 Å². The Morgan fingerprint density at radius 1 is 1.05 bits per heavy atom. The van der Waals surface area contributed by atoms with Gasteiger partial charge in [-0.05, 0) is 68.2 Å². The molecule has 0 spiro atoms. The largest absolute Gasteiger partial charge is 0.490 e. The maximum atomic E-state index is 11.5. The molecule has 4 nitrogen and oxygen atoms in total. The van der Waals surface area contributed by atoms with Gasteiger partial charge in [-0.3, -0.25) is 0 Å². The Morgan fingerprint density at radius 2 is 1.62 bits per heavy atom. The number of ether oxygens (including phenoxy) is 1. The van der Waals surface area contributed by atoms with Gasteiger partial charge in [0.1, 0.15) is 5.75 Å². The van der Waals surface area contributed by atoms with Gasteiger partial charge < -0.3 is 4.74 Å². The second-order valence-electron chi connectivity index (χ2n) is 6.51. The summed E-state index contributed by atoms with van der Waals surface area (Å²) in [5.41, 5.74) is 1.53. The lowest BCUT2D eigenvalue weighted by Crippen LogP contribution is -2.28. The maximum Gasteiger partial charge on any atom is 0.238 e. The standard InChI is InChI=1S/C16H25NO3S/c1-10-7-11(2)9-14(8-10)20-15-5-6-16(21(17,18)19)13(4)12(15)3/h5-6,10-11,14H,7-9H2,1-4H3,(H2,17,18,19). The first-order valence-corrected chi connectivity index (χ1v) is 9.02. The molecule has 21 heavy (non-hydrogen) atoms. The first kappa shape index (κ1) is 16.3. The van der Waals surface area contributed by atoms with Crippen molar-refractivity contribution in [2.45, 2.75) is 58.0 Å². The summed E-state index contributed by atoms with van der Waals surface area (Å²) in [4.78, 5) is 0.178. The van der Waals surface area contributed by atoms with Gasteiger partial charge in [0.05, 0.1) is 11.0 Å². The van der Waals surface area contributed by atoms with E-state index in [1.165, 1.54) is 6.42 Å². The molecule has 1 saturated carbocycles. The van der Waals surface area contributed by atoms with E-state index < -0.39 is 10.0 Å². The van der Waals surface area contributed by atoms with Crippen molar-refractivity contribution in [2.24, 2.45) is 17.0 Å². The number of hydrogen-bond donors (Lipinski definition) is 1. The van der Waals surface area contributed by atoms with Crippen LogP contribution in [0.15, 0.2) is 17.0 Å². The van der Waals surface area contributed by atoms with Gasteiger partial charge in [0, 0.05) is 0 Å². The third kappa shape index (κ3) is 3.77. The van der Waals surface area contributed by atoms with E-state index in [4.69, 9.17) is 9.88 Å². The molecule has 0 heterocycles. The number of sulfonamides is 1. The van der Waals surface area contributed by atoms with E-state index in [1.54, 1.807) is 19.1 Å². The van der Waals surface area contributed by atoms with Gasteiger partial charge in [-0.1, -0.05) is 13.8 Å². The van der Waals surface area contributed by atoms with E-state index in [-0.39, 0.29) is 11.0 Å². The highest BCUT2D eigenvalue weighted by atomic mass is 32.2. The lowest BCUT2D eigenvalue weighted by molar-refractivity contribution is 0.100. The fourth-order valence-electron chi connectivity index (χ4n) is 3.36. The van der Waals surface area contributed by atoms with Gasteiger partial charge in [-0.15, -0.1) is 0 Å². The molecule has 1 fully saturated rings. The fourth-order valence-corrected chi connectivity index (χ4v) is 4.19. The predicted molar refractivity (Wildman–Crippen MR) is 83.9 cm³/mol. The number of nitrogens with two attached hydrogens (primary N) is 1. The van der Waals surface area contributed by atoms with E-state index in [1.807, 2.05) is 6.92 Å². The molecule has 118 valence electrons. The zero-order valence-corrected chi connectivity index (χ0v) is 14.0. The summed E-state index contributed by atoms with van der Waals surface area (Å²) < 4.78 is 29.2. The van der Waals surface area contributed by atoms with Crippen molar-refractivity contribution < 1.29 is 13.2 Å². The van der Waals surface area contributed by atoms with Crippen LogP contribution in [0.3, 0.4) is 0 Å². The van der Waals surface area contributed by atoms with Crippen LogP contribution in [0.25, 0.3) is 0 Å². The molecule has 0 aliphatic heterocycles. The second-order valence-corrected chi connectivity index (χ2v) is 8.04. The molecule has 2 unspecified atom stereocenters. The van der Waals surface area contributed by atoms with E-state index in [2.05, 4.69) is 13.8 Å². The van der Waals surface area contributed by atoms with Crippen molar-refractivity contribution in [3.63, 3.8) is 0 Å². The summed E-state index contributed by atoms with van der Waals surface area (Å²) in [6, 6.07) is 3.27. The van der Waals surface area contributed by atoms with Crippen LogP contribution < -0.4 is 9.88 Å². The highest BCUT2D eigenvalue weighted by Gasteiger charge is 2.26. The van der Waals surface area contributed by atoms with Gasteiger partial charge in [-0.2, -0.15) is 0 Å². The Morgan fingerprint density at radius 3 is 2.14 bits per heavy atom. The summed E-state index contributed by atoms with van der Waals surface area (Å²) in [5, 5.41) is 5.23. The van der Waals surface area contributed by atoms with E-state index in [9.17, 15) is 8.42 Å². The average molecular weight is 311 g/mol. The van der Waals surface area contributed by atoms with Crippen molar-refractivity contribution in [3.05, 3.63) is 23.3 Å². The van der Waals surface area contributed by atoms with Crippen molar-refractivity contribution in [1.82, 2.24) is 0 Å². The Kier molecular flexibility index (Phi) is 4.63. The average Bonchev–Trinajstić information content (AvgIpc) is 2.32. The van der Waals surface area contributed by atoms with Gasteiger partial charge in [0.15, 0.2) is 0 Å². The topological polar surface area (TPSA) is 69.4 Å². The van der Waals surface area contributed by atoms with Crippen LogP contribution in [0.5, 0.6) is 5.75 Å². The SMILES string of the molecule is Cc1c(OC2CC(C)CC(C)C2)ccc(S(N)(=O)=O)c1C. The Hall–Kier alpha value is -1.07. The summed E-state index contributed by atoms with van der Waals surface area (Å²) in [5.74, 6) is 2.11. The fraction of sp³-hybridized carbons (Fsp3) is 0.625. The molecule has 0 bridgehead atoms. The maximum absolute atomic E-state index is 11.5. The highest BCUT2D eigenvalue weighted by molar-refractivity contribution is 7.89. The van der Waals surface area contributed by atoms with Crippen LogP contribution in [0, 0.1) is 25.7 Å². The molecule has 2 rings (SSSR count). The first-order chi connectivity index (χ1) is 9.68. The normalized spacial score (nSPS) is 26.6. The molecular formula is C16H25NO3S. The summed E-state index contributed by atoms with van der Waals surface area (Å²) in [6.45, 7) is 8.17. The van der Waals surface area contributed by atoms with Crippen molar-refractivity contribution >= 4 is 10.0 Å². The molecule has 0 amide bonds. The number of primary sulfonamides is 1. The lowest BCUT2D eigenvalue weighted by Gasteiger charge is -2.32. The molecule has 1 aromatic carbocycles. The number of rotatable bonds is 3. The highest BCUT2D eigenvalue weighted by Crippen LogP contribution is 2.33. The van der Waals surface area contributed by atoms with Crippen LogP contribution in [-0.4, -0.2) is 14.5 Å². The summed E-state index contributed by atoms with van der Waals surface area (Å²) in [6.07, 6.45) is 3.57. The molecule has 2 atom stereocenters. The van der Waals surface area contributed by atoms with Gasteiger partial charge in [0.2, 0.25) is 10.0 Å². The monoisotopic (exact) mass is 311 g/mol. The van der Waals surface area contributed by atoms with Crippen LogP contribution in [0.1, 0.15) is 44.2 Å². The predicted octanol–water partition coefficient (Wildman–Crippen LogP) is 3.15. The van der Waals surface area contributed by atoms with Crippen LogP contribution in [0.2, 0.25) is 0 Å². The van der Waals surface area contributed by atoms with Gasteiger partial charge >= 0.3 is 0 Å². The van der Waals surface area contributed by atoms with E-state index in [0.717, 1.165) is 24.2 Å². The van der Waals surface area contributed by atoms with Crippen LogP contribution >= 0.6 is 0 Å². The minimum absolute atomic E-state index is 0.178. The molecule has 0 saturated heterocycles. The molecule has 0 aromatic heterocycles. The van der Waals surface area contributed by atoms with E-state index in [0.29, 0.717) is 17.4 Å². The minimum atomic E-state index is -3.68. The smallest absolute Gasteiger partial charge is 0.238 e. The van der Waals surface area contributed by atoms with Crippen LogP contribution in [-0.2, 0) is 10.0 Å². The minimum Gasteiger partial charge on any atom is -0.490 e. The van der Waals surface area contributed by atoms with Gasteiger partial charge in [0.25, 0.3) is 0 Å². The van der Waals surface area contributed by atoms with Crippen molar-refractivity contribution in [2.75, 3.05) is 0 Å². The summed E-state index contributed by atoms with van der Waals surface area (Å²) >= 11 is 0. The molecule has 1 aliphatic carbocycles. The lowest BCUT2D eigenvalue weighted by atomic mass is 9.82. The van der Waals surface area contributed by atoms with Crippen LogP contribution in [0.4, 0.5) is 0 Å². The quantitative estimate of drug-likeness (QED) is 0.932. The molecule has 1 aromatic rings. The second kappa shape index (κ2) is 5.97. The zero-order chi connectivity index (χ0) is 15.8. The Balaban J connectivity index is 2.24. The molecule has 0 radical (unpaired) electrons. The third-order valence-electron chi connectivity index (χ3n) is 4.42. The molecular weight excluding hydrogens is 286 g/mol. The molecule has 2 N–H and O–H groups in total. The zero-order valence-electron chi connectivity index (χ0n) is 13.2. The summed E-state index contributed by atoms with van der Waals surface area (Å²) in [7, 11) is -3.68. The number of benzene rings is 1. The Bertz CT molecular complexity index is 615. The van der Waals surface area contributed by atoms with Crippen molar-refractivity contribution in [1.29, 1.82) is 0 Å². The number of hydrogen-bond acceptors (Lipinski definition) is 3. The van der Waals surface area contributed by atoms with E-state index >= 15 is 0 Å².